The van der Waals surface area contributed by atoms with Crippen LogP contribution in [0.25, 0.3) is 0 Å². The van der Waals surface area contributed by atoms with Gasteiger partial charge < -0.3 is 15.2 Å². The van der Waals surface area contributed by atoms with Crippen molar-refractivity contribution in [3.8, 4) is 5.75 Å². The van der Waals surface area contributed by atoms with Gasteiger partial charge in [0.05, 0.1) is 6.10 Å². The lowest BCUT2D eigenvalue weighted by Crippen LogP contribution is -2.39. The minimum atomic E-state index is -0.630. The first-order valence-corrected chi connectivity index (χ1v) is 8.25. The van der Waals surface area contributed by atoms with Crippen LogP contribution in [0.3, 0.4) is 0 Å². The van der Waals surface area contributed by atoms with E-state index in [4.69, 9.17) is 4.74 Å². The molecule has 2 rings (SSSR count). The molecule has 21 heavy (non-hydrogen) atoms. The average Bonchev–Trinajstić information content (AvgIpc) is 2.46. The van der Waals surface area contributed by atoms with Crippen molar-refractivity contribution >= 4 is 21.8 Å². The number of carbonyl (C=O) groups is 1. The van der Waals surface area contributed by atoms with Crippen molar-refractivity contribution in [2.75, 3.05) is 6.61 Å². The molecule has 1 aliphatic rings. The summed E-state index contributed by atoms with van der Waals surface area (Å²) in [5, 5.41) is 12.7. The third-order valence-corrected chi connectivity index (χ3v) is 4.25. The van der Waals surface area contributed by atoms with Gasteiger partial charge in [0.15, 0.2) is 6.61 Å². The summed E-state index contributed by atoms with van der Waals surface area (Å²) in [7, 11) is 0. The number of aliphatic hydroxyl groups is 1. The fourth-order valence-corrected chi connectivity index (χ4v) is 2.98. The minimum absolute atomic E-state index is 0.0212. The SMILES string of the molecule is C[C@@H](O)c1ccc(Br)cc1OCC(=O)NC1CCCCC1. The van der Waals surface area contributed by atoms with E-state index in [2.05, 4.69) is 21.2 Å². The summed E-state index contributed by atoms with van der Waals surface area (Å²) in [5.74, 6) is 0.441. The Morgan fingerprint density at radius 2 is 2.14 bits per heavy atom. The lowest BCUT2D eigenvalue weighted by Gasteiger charge is -2.23. The van der Waals surface area contributed by atoms with Gasteiger partial charge in [0.25, 0.3) is 5.91 Å². The second kappa shape index (κ2) is 7.80. The van der Waals surface area contributed by atoms with Crippen LogP contribution in [-0.4, -0.2) is 23.7 Å². The molecule has 0 saturated heterocycles. The summed E-state index contributed by atoms with van der Waals surface area (Å²) in [6.07, 6.45) is 5.11. The summed E-state index contributed by atoms with van der Waals surface area (Å²) in [4.78, 5) is 11.9. The first kappa shape index (κ1) is 16.3. The highest BCUT2D eigenvalue weighted by molar-refractivity contribution is 9.10. The number of hydrogen-bond acceptors (Lipinski definition) is 3. The number of ether oxygens (including phenoxy) is 1. The van der Waals surface area contributed by atoms with Gasteiger partial charge in [-0.15, -0.1) is 0 Å². The number of rotatable bonds is 5. The molecule has 1 atom stereocenters. The second-order valence-corrected chi connectivity index (χ2v) is 6.46. The summed E-state index contributed by atoms with van der Waals surface area (Å²) in [6, 6.07) is 5.70. The Kier molecular flexibility index (Phi) is 6.06. The van der Waals surface area contributed by atoms with E-state index in [1.807, 2.05) is 6.07 Å². The Morgan fingerprint density at radius 3 is 2.81 bits per heavy atom. The molecule has 116 valence electrons. The molecule has 1 fully saturated rings. The van der Waals surface area contributed by atoms with Crippen molar-refractivity contribution in [2.24, 2.45) is 0 Å². The van der Waals surface area contributed by atoms with E-state index in [9.17, 15) is 9.90 Å². The zero-order valence-electron chi connectivity index (χ0n) is 12.3. The van der Waals surface area contributed by atoms with E-state index in [0.717, 1.165) is 17.3 Å². The molecular weight excluding hydrogens is 334 g/mol. The molecule has 1 saturated carbocycles. The standard InChI is InChI=1S/C16H22BrNO3/c1-11(19)14-8-7-12(17)9-15(14)21-10-16(20)18-13-5-3-2-4-6-13/h7-9,11,13,19H,2-6,10H2,1H3,(H,18,20)/t11-/m1/s1. The molecule has 0 unspecified atom stereocenters. The topological polar surface area (TPSA) is 58.6 Å². The van der Waals surface area contributed by atoms with Crippen molar-refractivity contribution < 1.29 is 14.6 Å². The Labute approximate surface area is 134 Å². The van der Waals surface area contributed by atoms with Crippen LogP contribution in [0.2, 0.25) is 0 Å². The van der Waals surface area contributed by atoms with Crippen LogP contribution in [0.5, 0.6) is 5.75 Å². The fourth-order valence-electron chi connectivity index (χ4n) is 2.64. The van der Waals surface area contributed by atoms with Gasteiger partial charge >= 0.3 is 0 Å². The Bertz CT molecular complexity index is 484. The molecule has 0 bridgehead atoms. The van der Waals surface area contributed by atoms with E-state index in [1.54, 1.807) is 19.1 Å². The first-order chi connectivity index (χ1) is 10.1. The van der Waals surface area contributed by atoms with Crippen molar-refractivity contribution in [3.63, 3.8) is 0 Å². The first-order valence-electron chi connectivity index (χ1n) is 7.46. The quantitative estimate of drug-likeness (QED) is 0.851. The molecule has 0 heterocycles. The molecule has 1 aromatic rings. The maximum Gasteiger partial charge on any atom is 0.258 e. The van der Waals surface area contributed by atoms with Crippen molar-refractivity contribution in [1.82, 2.24) is 5.32 Å². The van der Waals surface area contributed by atoms with Crippen molar-refractivity contribution in [3.05, 3.63) is 28.2 Å². The lowest BCUT2D eigenvalue weighted by atomic mass is 9.95. The smallest absolute Gasteiger partial charge is 0.258 e. The largest absolute Gasteiger partial charge is 0.483 e. The number of halogens is 1. The lowest BCUT2D eigenvalue weighted by molar-refractivity contribution is -0.124. The molecule has 4 nitrogen and oxygen atoms in total. The molecule has 0 spiro atoms. The van der Waals surface area contributed by atoms with Crippen LogP contribution in [0.4, 0.5) is 0 Å². The van der Waals surface area contributed by atoms with E-state index in [1.165, 1.54) is 19.3 Å². The van der Waals surface area contributed by atoms with Gasteiger partial charge in [0.1, 0.15) is 5.75 Å². The van der Waals surface area contributed by atoms with E-state index in [-0.39, 0.29) is 18.6 Å². The molecule has 5 heteroatoms. The van der Waals surface area contributed by atoms with Gasteiger partial charge in [-0.05, 0) is 31.9 Å². The van der Waals surface area contributed by atoms with Gasteiger partial charge in [0, 0.05) is 16.1 Å². The summed E-state index contributed by atoms with van der Waals surface area (Å²) in [6.45, 7) is 1.66. The minimum Gasteiger partial charge on any atom is -0.483 e. The molecule has 1 amide bonds. The summed E-state index contributed by atoms with van der Waals surface area (Å²) in [5.41, 5.74) is 0.684. The number of nitrogens with one attached hydrogen (secondary N) is 1. The van der Waals surface area contributed by atoms with Crippen LogP contribution in [-0.2, 0) is 4.79 Å². The monoisotopic (exact) mass is 355 g/mol. The van der Waals surface area contributed by atoms with Crippen LogP contribution in [0, 0.1) is 0 Å². The van der Waals surface area contributed by atoms with Crippen LogP contribution in [0.1, 0.15) is 50.7 Å². The number of benzene rings is 1. The van der Waals surface area contributed by atoms with Gasteiger partial charge in [0.2, 0.25) is 0 Å². The molecule has 1 aromatic carbocycles. The number of hydrogen-bond donors (Lipinski definition) is 2. The highest BCUT2D eigenvalue weighted by atomic mass is 79.9. The summed E-state index contributed by atoms with van der Waals surface area (Å²) < 4.78 is 6.44. The van der Waals surface area contributed by atoms with Gasteiger partial charge in [-0.25, -0.2) is 0 Å². The summed E-state index contributed by atoms with van der Waals surface area (Å²) >= 11 is 3.37. The van der Waals surface area contributed by atoms with E-state index >= 15 is 0 Å². The Morgan fingerprint density at radius 1 is 1.43 bits per heavy atom. The van der Waals surface area contributed by atoms with Gasteiger partial charge in [-0.2, -0.15) is 0 Å². The maximum atomic E-state index is 11.9. The zero-order valence-corrected chi connectivity index (χ0v) is 13.9. The molecule has 1 aliphatic carbocycles. The number of carbonyl (C=O) groups excluding carboxylic acids is 1. The number of aliphatic hydroxyl groups excluding tert-OH is 1. The third-order valence-electron chi connectivity index (χ3n) is 3.75. The predicted molar refractivity (Wildman–Crippen MR) is 85.3 cm³/mol. The van der Waals surface area contributed by atoms with Crippen molar-refractivity contribution in [1.29, 1.82) is 0 Å². The van der Waals surface area contributed by atoms with Crippen LogP contribution >= 0.6 is 15.9 Å². The van der Waals surface area contributed by atoms with E-state index in [0.29, 0.717) is 11.3 Å². The zero-order chi connectivity index (χ0) is 15.2. The highest BCUT2D eigenvalue weighted by Gasteiger charge is 2.17. The molecule has 0 aliphatic heterocycles. The maximum absolute atomic E-state index is 11.9. The van der Waals surface area contributed by atoms with E-state index < -0.39 is 6.10 Å². The predicted octanol–water partition coefficient (Wildman–Crippen LogP) is 3.33. The Balaban J connectivity index is 1.89. The Hall–Kier alpha value is -1.07. The highest BCUT2D eigenvalue weighted by Crippen LogP contribution is 2.28. The molecular formula is C16H22BrNO3. The second-order valence-electron chi connectivity index (χ2n) is 5.55. The van der Waals surface area contributed by atoms with Crippen LogP contribution < -0.4 is 10.1 Å². The molecule has 0 radical (unpaired) electrons. The van der Waals surface area contributed by atoms with Crippen LogP contribution in [0.15, 0.2) is 22.7 Å². The normalized spacial score (nSPS) is 17.3. The number of amides is 1. The molecule has 2 N–H and O–H groups in total. The van der Waals surface area contributed by atoms with Gasteiger partial charge in [-0.1, -0.05) is 41.3 Å². The molecule has 0 aromatic heterocycles. The third kappa shape index (κ3) is 5.00. The average molecular weight is 356 g/mol. The van der Waals surface area contributed by atoms with Crippen molar-refractivity contribution in [2.45, 2.75) is 51.2 Å². The fraction of sp³-hybridized carbons (Fsp3) is 0.562. The van der Waals surface area contributed by atoms with Gasteiger partial charge in [-0.3, -0.25) is 4.79 Å².